The number of fused-ring (bicyclic) bond motifs is 1. The van der Waals surface area contributed by atoms with Crippen LogP contribution < -0.4 is 5.56 Å². The van der Waals surface area contributed by atoms with Gasteiger partial charge in [-0.15, -0.1) is 0 Å². The van der Waals surface area contributed by atoms with E-state index in [2.05, 4.69) is 20.0 Å². The van der Waals surface area contributed by atoms with E-state index in [1.54, 1.807) is 0 Å². The van der Waals surface area contributed by atoms with Gasteiger partial charge in [0, 0.05) is 43.5 Å². The van der Waals surface area contributed by atoms with E-state index in [9.17, 15) is 4.79 Å². The van der Waals surface area contributed by atoms with E-state index in [1.807, 2.05) is 47.4 Å². The molecule has 3 heterocycles. The molecule has 0 amide bonds. The van der Waals surface area contributed by atoms with Gasteiger partial charge in [-0.3, -0.25) is 14.7 Å². The molecule has 3 aromatic rings. The van der Waals surface area contributed by atoms with Crippen molar-refractivity contribution in [3.05, 3.63) is 74.7 Å². The van der Waals surface area contributed by atoms with Crippen molar-refractivity contribution < 1.29 is 0 Å². The van der Waals surface area contributed by atoms with Crippen LogP contribution in [-0.4, -0.2) is 31.2 Å². The molecule has 7 heteroatoms. The number of para-hydroxylation sites is 1. The summed E-state index contributed by atoms with van der Waals surface area (Å²) in [4.78, 5) is 20.1. The molecule has 24 heavy (non-hydrogen) atoms. The summed E-state index contributed by atoms with van der Waals surface area (Å²) in [6, 6.07) is 10.0. The summed E-state index contributed by atoms with van der Waals surface area (Å²) in [5.74, 6) is 0. The minimum absolute atomic E-state index is 0.0848. The van der Waals surface area contributed by atoms with Crippen molar-refractivity contribution in [2.24, 2.45) is 0 Å². The van der Waals surface area contributed by atoms with E-state index in [0.717, 1.165) is 42.0 Å². The fourth-order valence-corrected chi connectivity index (χ4v) is 3.29. The molecule has 1 aliphatic rings. The highest BCUT2D eigenvalue weighted by Crippen LogP contribution is 2.16. The first-order valence-electron chi connectivity index (χ1n) is 7.85. The van der Waals surface area contributed by atoms with Gasteiger partial charge in [0.25, 0.3) is 5.56 Å². The molecule has 0 fully saturated rings. The van der Waals surface area contributed by atoms with Crippen molar-refractivity contribution in [2.75, 3.05) is 6.54 Å². The number of benzene rings is 1. The van der Waals surface area contributed by atoms with Gasteiger partial charge in [-0.1, -0.05) is 18.2 Å². The first-order valence-corrected chi connectivity index (χ1v) is 8.25. The van der Waals surface area contributed by atoms with Gasteiger partial charge >= 0.3 is 0 Å². The Morgan fingerprint density at radius 3 is 2.88 bits per heavy atom. The average Bonchev–Trinajstić information content (AvgIpc) is 3.05. The Balaban J connectivity index is 1.52. The van der Waals surface area contributed by atoms with Gasteiger partial charge in [-0.05, 0) is 24.4 Å². The number of H-pyrrole nitrogens is 2. The molecule has 1 aliphatic heterocycles. The first kappa shape index (κ1) is 15.0. The Morgan fingerprint density at radius 2 is 2.04 bits per heavy atom. The quantitative estimate of drug-likeness (QED) is 0.718. The Bertz CT molecular complexity index is 972. The zero-order valence-electron chi connectivity index (χ0n) is 13.0. The summed E-state index contributed by atoms with van der Waals surface area (Å²) in [6.07, 6.45) is 4.72. The molecule has 0 saturated heterocycles. The molecule has 4 rings (SSSR count). The summed E-state index contributed by atoms with van der Waals surface area (Å²) < 4.78 is 2.27. The normalized spacial score (nSPS) is 14.5. The maximum atomic E-state index is 12.1. The highest BCUT2D eigenvalue weighted by molar-refractivity contribution is 7.71. The minimum atomic E-state index is -0.0848. The molecule has 0 aliphatic carbocycles. The molecular formula is C17H17N5OS. The Kier molecular flexibility index (Phi) is 3.87. The molecule has 0 saturated carbocycles. The van der Waals surface area contributed by atoms with Gasteiger partial charge in [-0.2, -0.15) is 5.10 Å². The van der Waals surface area contributed by atoms with Crippen LogP contribution in [0.25, 0.3) is 5.69 Å². The third-order valence-electron chi connectivity index (χ3n) is 4.25. The number of hydrogen-bond acceptors (Lipinski definition) is 4. The molecular weight excluding hydrogens is 322 g/mol. The second kappa shape index (κ2) is 6.18. The molecule has 0 radical (unpaired) electrons. The van der Waals surface area contributed by atoms with E-state index in [0.29, 0.717) is 11.3 Å². The summed E-state index contributed by atoms with van der Waals surface area (Å²) in [6.45, 7) is 2.27. The van der Waals surface area contributed by atoms with E-state index in [-0.39, 0.29) is 5.56 Å². The number of aromatic amines is 2. The molecule has 122 valence electrons. The maximum absolute atomic E-state index is 12.1. The zero-order chi connectivity index (χ0) is 16.5. The monoisotopic (exact) mass is 339 g/mol. The Hall–Kier alpha value is -2.51. The minimum Gasteiger partial charge on any atom is -0.335 e. The predicted molar refractivity (Wildman–Crippen MR) is 93.6 cm³/mol. The average molecular weight is 339 g/mol. The van der Waals surface area contributed by atoms with Crippen LogP contribution in [0.5, 0.6) is 0 Å². The lowest BCUT2D eigenvalue weighted by atomic mass is 10.1. The lowest BCUT2D eigenvalue weighted by Gasteiger charge is -2.27. The van der Waals surface area contributed by atoms with Crippen molar-refractivity contribution in [2.45, 2.75) is 19.5 Å². The van der Waals surface area contributed by atoms with Gasteiger partial charge in [0.15, 0.2) is 4.77 Å². The summed E-state index contributed by atoms with van der Waals surface area (Å²) in [5, 5.41) is 4.43. The molecule has 6 nitrogen and oxygen atoms in total. The number of rotatable bonds is 3. The number of aromatic nitrogens is 4. The highest BCUT2D eigenvalue weighted by atomic mass is 32.1. The third-order valence-corrected chi connectivity index (χ3v) is 4.46. The maximum Gasteiger partial charge on any atom is 0.256 e. The Labute approximate surface area is 143 Å². The largest absolute Gasteiger partial charge is 0.335 e. The van der Waals surface area contributed by atoms with Crippen LogP contribution in [0, 0.1) is 4.77 Å². The Morgan fingerprint density at radius 1 is 1.21 bits per heavy atom. The van der Waals surface area contributed by atoms with Crippen LogP contribution in [0.2, 0.25) is 0 Å². The molecule has 2 aromatic heterocycles. The van der Waals surface area contributed by atoms with Gasteiger partial charge < -0.3 is 4.98 Å². The van der Waals surface area contributed by atoms with Crippen LogP contribution in [0.3, 0.4) is 0 Å². The van der Waals surface area contributed by atoms with Crippen LogP contribution in [-0.2, 0) is 19.5 Å². The SMILES string of the molecule is O=c1[nH]c(=S)[nH]c2c1CN(Cc1cnn(-c3ccccc3)c1)CC2. The van der Waals surface area contributed by atoms with E-state index in [1.165, 1.54) is 0 Å². The highest BCUT2D eigenvalue weighted by Gasteiger charge is 2.20. The van der Waals surface area contributed by atoms with Crippen molar-refractivity contribution in [1.82, 2.24) is 24.6 Å². The molecule has 0 spiro atoms. The number of hydrogen-bond donors (Lipinski definition) is 2. The summed E-state index contributed by atoms with van der Waals surface area (Å²) >= 11 is 5.03. The van der Waals surface area contributed by atoms with Crippen LogP contribution in [0.4, 0.5) is 0 Å². The lowest BCUT2D eigenvalue weighted by Crippen LogP contribution is -2.35. The van der Waals surface area contributed by atoms with Crippen LogP contribution >= 0.6 is 12.2 Å². The second-order valence-electron chi connectivity index (χ2n) is 5.95. The van der Waals surface area contributed by atoms with E-state index >= 15 is 0 Å². The van der Waals surface area contributed by atoms with Crippen LogP contribution in [0.1, 0.15) is 16.8 Å². The molecule has 2 N–H and O–H groups in total. The smallest absolute Gasteiger partial charge is 0.256 e. The number of nitrogens with one attached hydrogen (secondary N) is 2. The topological polar surface area (TPSA) is 69.7 Å². The fourth-order valence-electron chi connectivity index (χ4n) is 3.07. The van der Waals surface area contributed by atoms with Crippen molar-refractivity contribution >= 4 is 12.2 Å². The standard InChI is InChI=1S/C17H17N5OS/c23-16-14-11-21(7-6-15(14)19-17(24)20-16)9-12-8-18-22(10-12)13-4-2-1-3-5-13/h1-5,8,10H,6-7,9,11H2,(H2,19,20,23,24). The summed E-state index contributed by atoms with van der Waals surface area (Å²) in [7, 11) is 0. The second-order valence-corrected chi connectivity index (χ2v) is 6.36. The first-order chi connectivity index (χ1) is 11.7. The van der Waals surface area contributed by atoms with Gasteiger partial charge in [0.1, 0.15) is 0 Å². The van der Waals surface area contributed by atoms with Crippen LogP contribution in [0.15, 0.2) is 47.5 Å². The molecule has 0 unspecified atom stereocenters. The van der Waals surface area contributed by atoms with Crippen molar-refractivity contribution in [1.29, 1.82) is 0 Å². The third kappa shape index (κ3) is 2.95. The molecule has 0 bridgehead atoms. The van der Waals surface area contributed by atoms with Gasteiger partial charge in [0.2, 0.25) is 0 Å². The lowest BCUT2D eigenvalue weighted by molar-refractivity contribution is 0.241. The van der Waals surface area contributed by atoms with Crippen molar-refractivity contribution in [3.63, 3.8) is 0 Å². The fraction of sp³-hybridized carbons (Fsp3) is 0.235. The summed E-state index contributed by atoms with van der Waals surface area (Å²) in [5.41, 5.74) is 3.82. The van der Waals surface area contributed by atoms with E-state index < -0.39 is 0 Å². The predicted octanol–water partition coefficient (Wildman–Crippen LogP) is 2.18. The molecule has 0 atom stereocenters. The van der Waals surface area contributed by atoms with Gasteiger partial charge in [-0.25, -0.2) is 4.68 Å². The van der Waals surface area contributed by atoms with Gasteiger partial charge in [0.05, 0.1) is 17.4 Å². The number of nitrogens with zero attached hydrogens (tertiary/aromatic N) is 3. The zero-order valence-corrected chi connectivity index (χ0v) is 13.8. The van der Waals surface area contributed by atoms with E-state index in [4.69, 9.17) is 12.2 Å². The van der Waals surface area contributed by atoms with Crippen molar-refractivity contribution in [3.8, 4) is 5.69 Å². The molecule has 1 aromatic carbocycles.